The van der Waals surface area contributed by atoms with Crippen LogP contribution in [0.4, 0.5) is 0 Å². The van der Waals surface area contributed by atoms with E-state index in [4.69, 9.17) is 0 Å². The lowest BCUT2D eigenvalue weighted by Crippen LogP contribution is -2.03. The maximum absolute atomic E-state index is 2.33. The van der Waals surface area contributed by atoms with Gasteiger partial charge in [-0.25, -0.2) is 0 Å². The molecule has 0 heterocycles. The fourth-order valence-corrected chi connectivity index (χ4v) is 4.67. The zero-order valence-electron chi connectivity index (χ0n) is 11.3. The summed E-state index contributed by atoms with van der Waals surface area (Å²) >= 11 is 4.21. The minimum Gasteiger partial charge on any atom is -0.140 e. The van der Waals surface area contributed by atoms with Gasteiger partial charge in [-0.15, -0.1) is 23.5 Å². The van der Waals surface area contributed by atoms with Crippen LogP contribution in [0.25, 0.3) is 0 Å². The van der Waals surface area contributed by atoms with E-state index in [1.807, 2.05) is 0 Å². The molecule has 0 aliphatic carbocycles. The third-order valence-corrected chi connectivity index (χ3v) is 6.23. The monoisotopic (exact) mass is 268 g/mol. The predicted molar refractivity (Wildman–Crippen MR) is 83.9 cm³/mol. The second kappa shape index (κ2) is 8.10. The van der Waals surface area contributed by atoms with Crippen LogP contribution in [-0.2, 0) is 0 Å². The van der Waals surface area contributed by atoms with E-state index in [0.29, 0.717) is 4.58 Å². The molecule has 0 bridgehead atoms. The van der Waals surface area contributed by atoms with Gasteiger partial charge in [0.1, 0.15) is 0 Å². The standard InChI is InChI=1S/C15H24S2/c1-5-12(3)16-15(17-13(4)6-2)14-10-8-7-9-11-14/h7-13,15H,5-6H2,1-4H3. The zero-order chi connectivity index (χ0) is 12.7. The molecule has 1 aromatic carbocycles. The van der Waals surface area contributed by atoms with E-state index in [0.717, 1.165) is 10.5 Å². The summed E-state index contributed by atoms with van der Waals surface area (Å²) in [7, 11) is 0. The first-order chi connectivity index (χ1) is 8.17. The molecule has 0 radical (unpaired) electrons. The molecule has 0 saturated carbocycles. The topological polar surface area (TPSA) is 0 Å². The summed E-state index contributed by atoms with van der Waals surface area (Å²) in [6.45, 7) is 9.21. The highest BCUT2D eigenvalue weighted by Crippen LogP contribution is 2.44. The van der Waals surface area contributed by atoms with Crippen molar-refractivity contribution in [2.45, 2.75) is 55.6 Å². The molecule has 2 unspecified atom stereocenters. The number of hydrogen-bond acceptors (Lipinski definition) is 2. The molecule has 0 fully saturated rings. The number of benzene rings is 1. The van der Waals surface area contributed by atoms with E-state index in [-0.39, 0.29) is 0 Å². The third kappa shape index (κ3) is 5.39. The molecule has 0 aliphatic heterocycles. The van der Waals surface area contributed by atoms with E-state index in [1.54, 1.807) is 0 Å². The Morgan fingerprint density at radius 2 is 1.35 bits per heavy atom. The van der Waals surface area contributed by atoms with Crippen molar-refractivity contribution < 1.29 is 0 Å². The van der Waals surface area contributed by atoms with Crippen LogP contribution in [-0.4, -0.2) is 10.5 Å². The fourth-order valence-electron chi connectivity index (χ4n) is 1.41. The Morgan fingerprint density at radius 3 is 1.76 bits per heavy atom. The lowest BCUT2D eigenvalue weighted by atomic mass is 10.2. The molecule has 2 heteroatoms. The van der Waals surface area contributed by atoms with Crippen molar-refractivity contribution in [3.8, 4) is 0 Å². The van der Waals surface area contributed by atoms with Crippen LogP contribution in [0.1, 0.15) is 50.7 Å². The summed E-state index contributed by atoms with van der Waals surface area (Å²) < 4.78 is 0.584. The molecule has 0 nitrogen and oxygen atoms in total. The normalized spacial score (nSPS) is 16.5. The van der Waals surface area contributed by atoms with Crippen molar-refractivity contribution in [2.75, 3.05) is 0 Å². The first kappa shape index (κ1) is 15.0. The lowest BCUT2D eigenvalue weighted by molar-refractivity contribution is 0.896. The van der Waals surface area contributed by atoms with Gasteiger partial charge in [-0.05, 0) is 18.4 Å². The van der Waals surface area contributed by atoms with Crippen molar-refractivity contribution in [1.82, 2.24) is 0 Å². The highest BCUT2D eigenvalue weighted by atomic mass is 32.2. The van der Waals surface area contributed by atoms with Gasteiger partial charge in [0.05, 0.1) is 4.58 Å². The maximum Gasteiger partial charge on any atom is 0.0756 e. The minimum atomic E-state index is 0.584. The molecule has 0 N–H and O–H groups in total. The molecule has 0 saturated heterocycles. The number of hydrogen-bond donors (Lipinski definition) is 0. The average molecular weight is 268 g/mol. The molecule has 0 amide bonds. The molecule has 1 rings (SSSR count). The Kier molecular flexibility index (Phi) is 7.14. The minimum absolute atomic E-state index is 0.584. The van der Waals surface area contributed by atoms with Gasteiger partial charge in [-0.1, -0.05) is 58.0 Å². The van der Waals surface area contributed by atoms with E-state index in [2.05, 4.69) is 81.6 Å². The molecular formula is C15H24S2. The quantitative estimate of drug-likeness (QED) is 0.578. The first-order valence-corrected chi connectivity index (χ1v) is 8.41. The van der Waals surface area contributed by atoms with Gasteiger partial charge in [0.2, 0.25) is 0 Å². The van der Waals surface area contributed by atoms with Crippen LogP contribution in [0.15, 0.2) is 30.3 Å². The van der Waals surface area contributed by atoms with E-state index in [1.165, 1.54) is 18.4 Å². The maximum atomic E-state index is 2.33. The second-order valence-electron chi connectivity index (χ2n) is 4.45. The van der Waals surface area contributed by atoms with Crippen molar-refractivity contribution >= 4 is 23.5 Å². The summed E-state index contributed by atoms with van der Waals surface area (Å²) in [6.07, 6.45) is 2.49. The molecule has 1 aromatic rings. The highest BCUT2D eigenvalue weighted by Gasteiger charge is 2.17. The second-order valence-corrected chi connectivity index (χ2v) is 7.85. The molecular weight excluding hydrogens is 244 g/mol. The first-order valence-electron chi connectivity index (χ1n) is 6.53. The van der Waals surface area contributed by atoms with Crippen LogP contribution in [0, 0.1) is 0 Å². The van der Waals surface area contributed by atoms with Gasteiger partial charge in [0.15, 0.2) is 0 Å². The van der Waals surface area contributed by atoms with Crippen LogP contribution < -0.4 is 0 Å². The highest BCUT2D eigenvalue weighted by molar-refractivity contribution is 8.16. The summed E-state index contributed by atoms with van der Waals surface area (Å²) in [5.74, 6) is 0. The fraction of sp³-hybridized carbons (Fsp3) is 0.600. The van der Waals surface area contributed by atoms with Crippen molar-refractivity contribution in [2.24, 2.45) is 0 Å². The molecule has 0 aromatic heterocycles. The van der Waals surface area contributed by atoms with Crippen LogP contribution in [0.5, 0.6) is 0 Å². The third-order valence-electron chi connectivity index (χ3n) is 2.93. The largest absolute Gasteiger partial charge is 0.140 e. The van der Waals surface area contributed by atoms with Crippen molar-refractivity contribution in [3.05, 3.63) is 35.9 Å². The van der Waals surface area contributed by atoms with E-state index in [9.17, 15) is 0 Å². The lowest BCUT2D eigenvalue weighted by Gasteiger charge is -2.23. The molecule has 2 atom stereocenters. The molecule has 17 heavy (non-hydrogen) atoms. The van der Waals surface area contributed by atoms with Crippen molar-refractivity contribution in [3.63, 3.8) is 0 Å². The Bertz CT molecular complexity index is 285. The van der Waals surface area contributed by atoms with Gasteiger partial charge in [-0.3, -0.25) is 0 Å². The number of rotatable bonds is 7. The Morgan fingerprint density at radius 1 is 0.882 bits per heavy atom. The summed E-state index contributed by atoms with van der Waals surface area (Å²) in [6, 6.07) is 10.9. The zero-order valence-corrected chi connectivity index (χ0v) is 13.0. The van der Waals surface area contributed by atoms with Gasteiger partial charge in [-0.2, -0.15) is 0 Å². The van der Waals surface area contributed by atoms with E-state index < -0.39 is 0 Å². The molecule has 0 spiro atoms. The van der Waals surface area contributed by atoms with Crippen LogP contribution in [0.3, 0.4) is 0 Å². The summed E-state index contributed by atoms with van der Waals surface area (Å²) in [5.41, 5.74) is 1.46. The Hall–Kier alpha value is -0.0800. The predicted octanol–water partition coefficient (Wildman–Crippen LogP) is 5.75. The Labute approximate surface area is 115 Å². The van der Waals surface area contributed by atoms with Crippen molar-refractivity contribution in [1.29, 1.82) is 0 Å². The molecule has 96 valence electrons. The van der Waals surface area contributed by atoms with Crippen LogP contribution in [0.2, 0.25) is 0 Å². The summed E-state index contributed by atoms with van der Waals surface area (Å²) in [4.78, 5) is 0. The van der Waals surface area contributed by atoms with E-state index >= 15 is 0 Å². The van der Waals surface area contributed by atoms with Crippen LogP contribution >= 0.6 is 23.5 Å². The summed E-state index contributed by atoms with van der Waals surface area (Å²) in [5, 5.41) is 1.47. The van der Waals surface area contributed by atoms with Gasteiger partial charge in [0, 0.05) is 10.5 Å². The van der Waals surface area contributed by atoms with Gasteiger partial charge < -0.3 is 0 Å². The Balaban J connectivity index is 2.72. The number of thioether (sulfide) groups is 2. The SMILES string of the molecule is CCC(C)SC(SC(C)CC)c1ccccc1. The smallest absolute Gasteiger partial charge is 0.0756 e. The molecule has 0 aliphatic rings. The van der Waals surface area contributed by atoms with Gasteiger partial charge >= 0.3 is 0 Å². The van der Waals surface area contributed by atoms with Gasteiger partial charge in [0.25, 0.3) is 0 Å². The average Bonchev–Trinajstić information content (AvgIpc) is 2.38.